The molecule has 0 unspecified atom stereocenters. The zero-order valence-corrected chi connectivity index (χ0v) is 12.1. The zero-order valence-electron chi connectivity index (χ0n) is 11.3. The van der Waals surface area contributed by atoms with Crippen LogP contribution >= 0.6 is 11.3 Å². The van der Waals surface area contributed by atoms with Crippen molar-refractivity contribution in [2.75, 3.05) is 13.1 Å². The highest BCUT2D eigenvalue weighted by molar-refractivity contribution is 7.16. The normalized spacial score (nSPS) is 15.4. The first-order valence-electron chi connectivity index (χ1n) is 6.63. The van der Waals surface area contributed by atoms with Crippen LogP contribution in [0.15, 0.2) is 28.2 Å². The molecule has 0 atom stereocenters. The summed E-state index contributed by atoms with van der Waals surface area (Å²) in [5, 5.41) is 3.78. The van der Waals surface area contributed by atoms with Crippen molar-refractivity contribution in [2.24, 2.45) is 0 Å². The number of rotatable bonds is 2. The number of carbonyl (C=O) groups excluding carboxylic acids is 1. The summed E-state index contributed by atoms with van der Waals surface area (Å²) < 4.78 is 6.18. The van der Waals surface area contributed by atoms with Gasteiger partial charge >= 0.3 is 0 Å². The highest BCUT2D eigenvalue weighted by Gasteiger charge is 2.35. The summed E-state index contributed by atoms with van der Waals surface area (Å²) >= 11 is 1.54. The van der Waals surface area contributed by atoms with Crippen LogP contribution in [0.25, 0.3) is 10.2 Å². The number of aryl methyl sites for hydroxylation is 1. The minimum atomic E-state index is 0.0396. The third-order valence-corrected chi connectivity index (χ3v) is 4.43. The number of benzene rings is 1. The van der Waals surface area contributed by atoms with Crippen molar-refractivity contribution in [2.45, 2.75) is 12.8 Å². The summed E-state index contributed by atoms with van der Waals surface area (Å²) in [6, 6.07) is 5.62. The molecule has 6 nitrogen and oxygen atoms in total. The Kier molecular flexibility index (Phi) is 2.75. The zero-order chi connectivity index (χ0) is 14.4. The Morgan fingerprint density at radius 1 is 1.43 bits per heavy atom. The molecule has 0 radical (unpaired) electrons. The molecule has 106 valence electrons. The second kappa shape index (κ2) is 4.63. The minimum Gasteiger partial charge on any atom is -0.339 e. The van der Waals surface area contributed by atoms with Gasteiger partial charge < -0.3 is 9.42 Å². The molecule has 1 fully saturated rings. The molecule has 4 rings (SSSR count). The Hall–Kier alpha value is -2.28. The van der Waals surface area contributed by atoms with Crippen LogP contribution in [0, 0.1) is 6.92 Å². The van der Waals surface area contributed by atoms with Crippen LogP contribution in [0.3, 0.4) is 0 Å². The molecule has 0 N–H and O–H groups in total. The fraction of sp³-hybridized carbons (Fsp3) is 0.286. The molecule has 0 aliphatic carbocycles. The van der Waals surface area contributed by atoms with Gasteiger partial charge in [0, 0.05) is 18.7 Å². The smallest absolute Gasteiger partial charge is 0.253 e. The Morgan fingerprint density at radius 2 is 2.29 bits per heavy atom. The van der Waals surface area contributed by atoms with E-state index >= 15 is 0 Å². The molecular formula is C14H12N4O2S. The Bertz CT molecular complexity index is 819. The lowest BCUT2D eigenvalue weighted by Gasteiger charge is -2.37. The maximum Gasteiger partial charge on any atom is 0.253 e. The number of nitrogens with zero attached hydrogens (tertiary/aromatic N) is 4. The summed E-state index contributed by atoms with van der Waals surface area (Å²) in [5.74, 6) is 1.44. The summed E-state index contributed by atoms with van der Waals surface area (Å²) in [6.45, 7) is 3.04. The van der Waals surface area contributed by atoms with Crippen LogP contribution in [-0.4, -0.2) is 39.0 Å². The van der Waals surface area contributed by atoms with Crippen LogP contribution in [-0.2, 0) is 0 Å². The molecule has 2 aromatic heterocycles. The van der Waals surface area contributed by atoms with E-state index in [9.17, 15) is 4.79 Å². The maximum absolute atomic E-state index is 12.4. The average Bonchev–Trinajstić information content (AvgIpc) is 3.05. The number of aromatic nitrogens is 3. The molecule has 0 saturated carbocycles. The molecule has 3 heterocycles. The quantitative estimate of drug-likeness (QED) is 0.725. The third-order valence-electron chi connectivity index (χ3n) is 3.64. The van der Waals surface area contributed by atoms with Crippen LogP contribution in [0.2, 0.25) is 0 Å². The van der Waals surface area contributed by atoms with Gasteiger partial charge in [-0.1, -0.05) is 5.16 Å². The Labute approximate surface area is 124 Å². The lowest BCUT2D eigenvalue weighted by Crippen LogP contribution is -2.48. The molecular weight excluding hydrogens is 288 g/mol. The molecule has 1 amide bonds. The first-order valence-corrected chi connectivity index (χ1v) is 7.51. The van der Waals surface area contributed by atoms with E-state index in [1.54, 1.807) is 28.7 Å². The van der Waals surface area contributed by atoms with Gasteiger partial charge in [-0.15, -0.1) is 11.3 Å². The third kappa shape index (κ3) is 2.09. The van der Waals surface area contributed by atoms with Gasteiger partial charge in [0.25, 0.3) is 5.91 Å². The fourth-order valence-electron chi connectivity index (χ4n) is 2.45. The molecule has 1 saturated heterocycles. The van der Waals surface area contributed by atoms with Crippen LogP contribution in [0.1, 0.15) is 28.0 Å². The number of fused-ring (bicyclic) bond motifs is 1. The predicted octanol–water partition coefficient (Wildman–Crippen LogP) is 2.23. The molecule has 0 spiro atoms. The van der Waals surface area contributed by atoms with Crippen LogP contribution in [0.4, 0.5) is 0 Å². The first kappa shape index (κ1) is 12.5. The van der Waals surface area contributed by atoms with Gasteiger partial charge in [0.05, 0.1) is 21.6 Å². The lowest BCUT2D eigenvalue weighted by atomic mass is 9.99. The van der Waals surface area contributed by atoms with Gasteiger partial charge in [-0.2, -0.15) is 4.98 Å². The number of hydrogen-bond donors (Lipinski definition) is 0. The van der Waals surface area contributed by atoms with Crippen molar-refractivity contribution < 1.29 is 9.32 Å². The van der Waals surface area contributed by atoms with Gasteiger partial charge in [-0.25, -0.2) is 4.98 Å². The highest BCUT2D eigenvalue weighted by Crippen LogP contribution is 2.28. The average molecular weight is 300 g/mol. The van der Waals surface area contributed by atoms with Crippen molar-refractivity contribution in [1.82, 2.24) is 20.0 Å². The molecule has 1 aliphatic heterocycles. The summed E-state index contributed by atoms with van der Waals surface area (Å²) in [5.41, 5.74) is 3.42. The first-order chi connectivity index (χ1) is 10.2. The van der Waals surface area contributed by atoms with Crippen molar-refractivity contribution in [1.29, 1.82) is 0 Å². The predicted molar refractivity (Wildman–Crippen MR) is 77.3 cm³/mol. The van der Waals surface area contributed by atoms with Crippen LogP contribution in [0.5, 0.6) is 0 Å². The SMILES string of the molecule is Cc1noc(C2CN(C(=O)c3ccc4ncsc4c3)C2)n1. The second-order valence-electron chi connectivity index (χ2n) is 5.12. The van der Waals surface area contributed by atoms with E-state index in [4.69, 9.17) is 4.52 Å². The standard InChI is InChI=1S/C14H12N4O2S/c1-8-16-13(20-17-8)10-5-18(6-10)14(19)9-2-3-11-12(4-9)21-7-15-11/h2-4,7,10H,5-6H2,1H3. The van der Waals surface area contributed by atoms with Crippen molar-refractivity contribution >= 4 is 27.5 Å². The molecule has 7 heteroatoms. The van der Waals surface area contributed by atoms with Gasteiger partial charge in [0.2, 0.25) is 5.89 Å². The van der Waals surface area contributed by atoms with Crippen LogP contribution < -0.4 is 0 Å². The van der Waals surface area contributed by atoms with E-state index in [0.29, 0.717) is 30.4 Å². The minimum absolute atomic E-state index is 0.0396. The second-order valence-corrected chi connectivity index (χ2v) is 6.01. The van der Waals surface area contributed by atoms with E-state index < -0.39 is 0 Å². The maximum atomic E-state index is 12.4. The van der Waals surface area contributed by atoms with E-state index in [1.165, 1.54) is 0 Å². The number of hydrogen-bond acceptors (Lipinski definition) is 6. The van der Waals surface area contributed by atoms with Gasteiger partial charge in [-0.05, 0) is 25.1 Å². The molecule has 21 heavy (non-hydrogen) atoms. The molecule has 0 bridgehead atoms. The van der Waals surface area contributed by atoms with E-state index in [1.807, 2.05) is 18.2 Å². The number of likely N-dealkylation sites (tertiary alicyclic amines) is 1. The lowest BCUT2D eigenvalue weighted by molar-refractivity contribution is 0.0569. The summed E-state index contributed by atoms with van der Waals surface area (Å²) in [7, 11) is 0. The summed E-state index contributed by atoms with van der Waals surface area (Å²) in [4.78, 5) is 22.6. The Balaban J connectivity index is 1.49. The van der Waals surface area contributed by atoms with Crippen molar-refractivity contribution in [3.63, 3.8) is 0 Å². The van der Waals surface area contributed by atoms with E-state index in [0.717, 1.165) is 10.2 Å². The number of carbonyl (C=O) groups is 1. The number of thiazole rings is 1. The summed E-state index contributed by atoms with van der Waals surface area (Å²) in [6.07, 6.45) is 0. The highest BCUT2D eigenvalue weighted by atomic mass is 32.1. The van der Waals surface area contributed by atoms with Crippen molar-refractivity contribution in [3.8, 4) is 0 Å². The van der Waals surface area contributed by atoms with Gasteiger partial charge in [0.1, 0.15) is 0 Å². The molecule has 3 aromatic rings. The molecule has 1 aromatic carbocycles. The fourth-order valence-corrected chi connectivity index (χ4v) is 3.17. The number of amides is 1. The van der Waals surface area contributed by atoms with E-state index in [2.05, 4.69) is 15.1 Å². The van der Waals surface area contributed by atoms with Gasteiger partial charge in [-0.3, -0.25) is 4.79 Å². The van der Waals surface area contributed by atoms with E-state index in [-0.39, 0.29) is 11.8 Å². The van der Waals surface area contributed by atoms with Gasteiger partial charge in [0.15, 0.2) is 5.82 Å². The molecule has 1 aliphatic rings. The largest absolute Gasteiger partial charge is 0.339 e. The Morgan fingerprint density at radius 3 is 3.05 bits per heavy atom. The van der Waals surface area contributed by atoms with Crippen molar-refractivity contribution in [3.05, 3.63) is 41.0 Å². The monoisotopic (exact) mass is 300 g/mol. The topological polar surface area (TPSA) is 72.1 Å².